The first-order valence-electron chi connectivity index (χ1n) is 3.10. The molecular weight excluding hydrogens is 198 g/mol. The summed E-state index contributed by atoms with van der Waals surface area (Å²) in [6.45, 7) is -0.0217. The molecule has 0 radical (unpaired) electrons. The van der Waals surface area contributed by atoms with Gasteiger partial charge >= 0.3 is 0 Å². The predicted molar refractivity (Wildman–Crippen MR) is 47.1 cm³/mol. The Morgan fingerprint density at radius 2 is 2.00 bits per heavy atom. The van der Waals surface area contributed by atoms with Gasteiger partial charge in [0.2, 0.25) is 0 Å². The van der Waals surface area contributed by atoms with Crippen molar-refractivity contribution < 1.29 is 14.3 Å². The fourth-order valence-corrected chi connectivity index (χ4v) is 0.643. The van der Waals surface area contributed by atoms with E-state index in [1.165, 1.54) is 0 Å². The van der Waals surface area contributed by atoms with Crippen LogP contribution in [0.4, 0.5) is 0 Å². The van der Waals surface area contributed by atoms with Crippen LogP contribution in [0.2, 0.25) is 0 Å². The number of nitrogens with zero attached hydrogens (tertiary/aromatic N) is 1. The summed E-state index contributed by atoms with van der Waals surface area (Å²) in [5.74, 6) is -1.48. The van der Waals surface area contributed by atoms with Crippen LogP contribution < -0.4 is 11.5 Å². The minimum absolute atomic E-state index is 0. The second-order valence-electron chi connectivity index (χ2n) is 2.10. The minimum atomic E-state index is -0.756. The zero-order valence-electron chi connectivity index (χ0n) is 6.52. The number of ether oxygens (including phenoxy) is 1. The van der Waals surface area contributed by atoms with Crippen molar-refractivity contribution in [3.63, 3.8) is 0 Å². The highest BCUT2D eigenvalue weighted by Gasteiger charge is 2.15. The minimum Gasteiger partial charge on any atom is -0.492 e. The highest BCUT2D eigenvalue weighted by Crippen LogP contribution is 2.03. The van der Waals surface area contributed by atoms with Crippen LogP contribution in [0, 0.1) is 0 Å². The summed E-state index contributed by atoms with van der Waals surface area (Å²) in [6, 6.07) is 0. The molecule has 1 heterocycles. The monoisotopic (exact) mass is 205 g/mol. The summed E-state index contributed by atoms with van der Waals surface area (Å²) in [5, 5.41) is 0. The molecule has 1 aliphatic rings. The smallest absolute Gasteiger partial charge is 0.270 e. The Morgan fingerprint density at radius 3 is 2.46 bits per heavy atom. The molecule has 1 aliphatic heterocycles. The molecule has 0 aromatic heterocycles. The Morgan fingerprint density at radius 1 is 1.38 bits per heavy atom. The van der Waals surface area contributed by atoms with Gasteiger partial charge in [0, 0.05) is 0 Å². The van der Waals surface area contributed by atoms with Gasteiger partial charge in [-0.2, -0.15) is 0 Å². The molecule has 1 rings (SSSR count). The number of hydrogen-bond donors (Lipinski definition) is 2. The van der Waals surface area contributed by atoms with Gasteiger partial charge in [-0.05, 0) is 0 Å². The van der Waals surface area contributed by atoms with Crippen molar-refractivity contribution in [2.45, 2.75) is 0 Å². The molecule has 0 atom stereocenters. The zero-order chi connectivity index (χ0) is 9.14. The van der Waals surface area contributed by atoms with Gasteiger partial charge in [-0.15, -0.1) is 12.4 Å². The fourth-order valence-electron chi connectivity index (χ4n) is 0.643. The molecule has 0 unspecified atom stereocenters. The number of rotatable bonds is 2. The standard InChI is InChI=1S/C6H7N3O3.ClH/c7-5(10)3-1-12-2-4(9-3)6(8)11;/h1H,2H2,(H2,7,10)(H2,8,11);1H. The van der Waals surface area contributed by atoms with Crippen LogP contribution in [0.1, 0.15) is 0 Å². The second-order valence-corrected chi connectivity index (χ2v) is 2.10. The van der Waals surface area contributed by atoms with E-state index in [0.29, 0.717) is 0 Å². The maximum atomic E-state index is 10.6. The SMILES string of the molecule is Cl.NC(=O)C1=COCC(C(N)=O)=N1. The first kappa shape index (κ1) is 11.4. The summed E-state index contributed by atoms with van der Waals surface area (Å²) in [7, 11) is 0. The van der Waals surface area contributed by atoms with Crippen LogP contribution in [-0.4, -0.2) is 24.1 Å². The van der Waals surface area contributed by atoms with Crippen molar-refractivity contribution in [1.82, 2.24) is 0 Å². The summed E-state index contributed by atoms with van der Waals surface area (Å²) >= 11 is 0. The predicted octanol–water partition coefficient (Wildman–Crippen LogP) is -1.31. The third-order valence-electron chi connectivity index (χ3n) is 1.21. The van der Waals surface area contributed by atoms with Crippen molar-refractivity contribution in [3.05, 3.63) is 12.0 Å². The van der Waals surface area contributed by atoms with Gasteiger partial charge in [-0.3, -0.25) is 9.59 Å². The number of carbonyl (C=O) groups is 2. The zero-order valence-corrected chi connectivity index (χ0v) is 7.34. The van der Waals surface area contributed by atoms with E-state index >= 15 is 0 Å². The molecule has 0 fully saturated rings. The molecule has 2 amide bonds. The molecular formula is C6H8ClN3O3. The summed E-state index contributed by atoms with van der Waals surface area (Å²) in [6.07, 6.45) is 1.09. The van der Waals surface area contributed by atoms with Crippen molar-refractivity contribution in [2.75, 3.05) is 6.61 Å². The molecule has 0 saturated carbocycles. The highest BCUT2D eigenvalue weighted by atomic mass is 35.5. The Kier molecular flexibility index (Phi) is 3.93. The van der Waals surface area contributed by atoms with Gasteiger partial charge in [-0.1, -0.05) is 0 Å². The first-order valence-corrected chi connectivity index (χ1v) is 3.10. The molecule has 0 aromatic rings. The van der Waals surface area contributed by atoms with Gasteiger partial charge in [0.15, 0.2) is 5.70 Å². The topological polar surface area (TPSA) is 108 Å². The van der Waals surface area contributed by atoms with Crippen LogP contribution in [0.3, 0.4) is 0 Å². The molecule has 13 heavy (non-hydrogen) atoms. The average Bonchev–Trinajstić information content (AvgIpc) is 2.04. The van der Waals surface area contributed by atoms with Crippen LogP contribution in [0.5, 0.6) is 0 Å². The summed E-state index contributed by atoms with van der Waals surface area (Å²) in [4.78, 5) is 24.7. The van der Waals surface area contributed by atoms with Crippen molar-refractivity contribution >= 4 is 29.9 Å². The van der Waals surface area contributed by atoms with E-state index in [2.05, 4.69) is 4.99 Å². The normalized spacial score (nSPS) is 14.5. The molecule has 0 saturated heterocycles. The Hall–Kier alpha value is -1.56. The third-order valence-corrected chi connectivity index (χ3v) is 1.21. The molecule has 0 aliphatic carbocycles. The van der Waals surface area contributed by atoms with E-state index in [9.17, 15) is 9.59 Å². The van der Waals surface area contributed by atoms with Crippen LogP contribution >= 0.6 is 12.4 Å². The maximum absolute atomic E-state index is 10.6. The lowest BCUT2D eigenvalue weighted by molar-refractivity contribution is -0.114. The number of hydrogen-bond acceptors (Lipinski definition) is 4. The van der Waals surface area contributed by atoms with Crippen molar-refractivity contribution in [2.24, 2.45) is 16.5 Å². The van der Waals surface area contributed by atoms with E-state index in [1.54, 1.807) is 0 Å². The van der Waals surface area contributed by atoms with Gasteiger partial charge in [-0.25, -0.2) is 4.99 Å². The van der Waals surface area contributed by atoms with Crippen LogP contribution in [-0.2, 0) is 14.3 Å². The largest absolute Gasteiger partial charge is 0.492 e. The Bertz CT molecular complexity index is 297. The van der Waals surface area contributed by atoms with E-state index in [0.717, 1.165) is 6.26 Å². The quantitative estimate of drug-likeness (QED) is 0.584. The first-order chi connectivity index (χ1) is 5.61. The summed E-state index contributed by atoms with van der Waals surface area (Å²) in [5.41, 5.74) is 9.67. The molecule has 6 nitrogen and oxygen atoms in total. The molecule has 4 N–H and O–H groups in total. The molecule has 72 valence electrons. The fraction of sp³-hybridized carbons (Fsp3) is 0.167. The van der Waals surface area contributed by atoms with Gasteiger partial charge in [0.05, 0.1) is 0 Å². The van der Waals surface area contributed by atoms with Crippen molar-refractivity contribution in [3.8, 4) is 0 Å². The lowest BCUT2D eigenvalue weighted by atomic mass is 10.3. The van der Waals surface area contributed by atoms with Gasteiger partial charge in [0.1, 0.15) is 18.6 Å². The molecule has 0 bridgehead atoms. The number of carbonyl (C=O) groups excluding carboxylic acids is 2. The van der Waals surface area contributed by atoms with Crippen molar-refractivity contribution in [1.29, 1.82) is 0 Å². The van der Waals surface area contributed by atoms with Gasteiger partial charge < -0.3 is 16.2 Å². The van der Waals surface area contributed by atoms with E-state index < -0.39 is 11.8 Å². The maximum Gasteiger partial charge on any atom is 0.270 e. The number of primary amides is 2. The lowest BCUT2D eigenvalue weighted by Crippen LogP contribution is -2.30. The molecule has 0 spiro atoms. The molecule has 7 heteroatoms. The summed E-state index contributed by atoms with van der Waals surface area (Å²) < 4.78 is 4.72. The van der Waals surface area contributed by atoms with E-state index in [-0.39, 0.29) is 30.4 Å². The second kappa shape index (κ2) is 4.46. The number of aliphatic imine (C=N–C) groups is 1. The third kappa shape index (κ3) is 2.75. The number of nitrogens with two attached hydrogens (primary N) is 2. The molecule has 0 aromatic carbocycles. The van der Waals surface area contributed by atoms with Crippen LogP contribution in [0.25, 0.3) is 0 Å². The number of amides is 2. The Labute approximate surface area is 80.0 Å². The van der Waals surface area contributed by atoms with E-state index in [1.807, 2.05) is 0 Å². The number of halogens is 1. The lowest BCUT2D eigenvalue weighted by Gasteiger charge is -2.08. The Balaban J connectivity index is 0.00000144. The van der Waals surface area contributed by atoms with E-state index in [4.69, 9.17) is 16.2 Å². The average molecular weight is 206 g/mol. The van der Waals surface area contributed by atoms with Gasteiger partial charge in [0.25, 0.3) is 11.8 Å². The highest BCUT2D eigenvalue weighted by molar-refractivity contribution is 6.39. The van der Waals surface area contributed by atoms with Crippen LogP contribution in [0.15, 0.2) is 17.0 Å².